The van der Waals surface area contributed by atoms with Crippen molar-refractivity contribution in [2.24, 2.45) is 15.2 Å². The molecule has 9 heteroatoms. The number of morpholine rings is 1. The third-order valence-corrected chi connectivity index (χ3v) is 4.35. The first-order valence-electron chi connectivity index (χ1n) is 7.08. The van der Waals surface area contributed by atoms with Gasteiger partial charge in [0.1, 0.15) is 0 Å². The van der Waals surface area contributed by atoms with Gasteiger partial charge in [0.2, 0.25) is 5.91 Å². The maximum atomic E-state index is 12.3. The Balaban J connectivity index is 1.56. The monoisotopic (exact) mass is 323 g/mol. The molecule has 0 bridgehead atoms. The van der Waals surface area contributed by atoms with Crippen molar-refractivity contribution in [3.05, 3.63) is 11.8 Å². The maximum Gasteiger partial charge on any atom is 0.258 e. The summed E-state index contributed by atoms with van der Waals surface area (Å²) in [5.41, 5.74) is 0.437. The zero-order valence-corrected chi connectivity index (χ0v) is 13.2. The van der Waals surface area contributed by atoms with Crippen LogP contribution in [0.1, 0.15) is 13.8 Å². The number of carbonyl (C=O) groups excluding carboxylic acids is 2. The molecule has 0 saturated carbocycles. The molecule has 0 aliphatic carbocycles. The second kappa shape index (κ2) is 6.17. The molecule has 3 heterocycles. The predicted octanol–water partition coefficient (Wildman–Crippen LogP) is 0.517. The molecule has 22 heavy (non-hydrogen) atoms. The number of ether oxygens (including phenoxy) is 1. The van der Waals surface area contributed by atoms with E-state index in [2.05, 4.69) is 20.5 Å². The molecule has 0 aromatic carbocycles. The molecule has 8 nitrogen and oxygen atoms in total. The molecule has 3 atom stereocenters. The summed E-state index contributed by atoms with van der Waals surface area (Å²) in [6, 6.07) is 0. The van der Waals surface area contributed by atoms with E-state index in [0.717, 1.165) is 0 Å². The highest BCUT2D eigenvalue weighted by Gasteiger charge is 2.31. The first-order valence-corrected chi connectivity index (χ1v) is 8.06. The van der Waals surface area contributed by atoms with Crippen molar-refractivity contribution in [3.8, 4) is 0 Å². The lowest BCUT2D eigenvalue weighted by molar-refractivity contribution is -0.140. The average Bonchev–Trinajstić information content (AvgIpc) is 2.92. The van der Waals surface area contributed by atoms with Gasteiger partial charge in [0.15, 0.2) is 11.3 Å². The van der Waals surface area contributed by atoms with Crippen LogP contribution in [0.25, 0.3) is 0 Å². The Bertz CT molecular complexity index is 578. The summed E-state index contributed by atoms with van der Waals surface area (Å²) in [4.78, 5) is 30.1. The van der Waals surface area contributed by atoms with E-state index in [1.165, 1.54) is 18.0 Å². The van der Waals surface area contributed by atoms with Gasteiger partial charge < -0.3 is 15.0 Å². The van der Waals surface area contributed by atoms with Crippen LogP contribution in [0.2, 0.25) is 0 Å². The van der Waals surface area contributed by atoms with Gasteiger partial charge in [-0.3, -0.25) is 9.59 Å². The molecule has 1 saturated heterocycles. The van der Waals surface area contributed by atoms with Crippen LogP contribution in [0.3, 0.4) is 0 Å². The number of azo groups is 1. The van der Waals surface area contributed by atoms with Gasteiger partial charge in [0.05, 0.1) is 29.7 Å². The molecule has 1 fully saturated rings. The van der Waals surface area contributed by atoms with Crippen LogP contribution in [-0.4, -0.2) is 59.1 Å². The number of hydrogen-bond donors (Lipinski definition) is 1. The van der Waals surface area contributed by atoms with E-state index in [9.17, 15) is 9.59 Å². The fourth-order valence-corrected chi connectivity index (χ4v) is 3.33. The summed E-state index contributed by atoms with van der Waals surface area (Å²) in [5.74, 6) is -0.0199. The first-order chi connectivity index (χ1) is 10.5. The molecule has 0 aromatic heterocycles. The summed E-state index contributed by atoms with van der Waals surface area (Å²) in [6.45, 7) is 5.08. The van der Waals surface area contributed by atoms with Crippen LogP contribution in [0.5, 0.6) is 0 Å². The highest BCUT2D eigenvalue weighted by molar-refractivity contribution is 8.14. The van der Waals surface area contributed by atoms with E-state index in [-0.39, 0.29) is 29.8 Å². The molecule has 3 aliphatic heterocycles. The Kier molecular flexibility index (Phi) is 4.25. The van der Waals surface area contributed by atoms with Crippen molar-refractivity contribution in [1.29, 1.82) is 0 Å². The molecule has 2 amide bonds. The molecule has 1 N–H and O–H groups in total. The van der Waals surface area contributed by atoms with E-state index in [1.54, 1.807) is 4.90 Å². The third-order valence-electron chi connectivity index (χ3n) is 3.48. The molecular weight excluding hydrogens is 306 g/mol. The van der Waals surface area contributed by atoms with E-state index in [4.69, 9.17) is 4.74 Å². The minimum absolute atomic E-state index is 0.0123. The van der Waals surface area contributed by atoms with Crippen molar-refractivity contribution >= 4 is 28.7 Å². The Morgan fingerprint density at radius 2 is 2.18 bits per heavy atom. The topological polar surface area (TPSA) is 95.7 Å². The van der Waals surface area contributed by atoms with Crippen LogP contribution < -0.4 is 5.32 Å². The minimum Gasteiger partial charge on any atom is -0.372 e. The molecule has 3 aliphatic rings. The number of nitrogens with zero attached hydrogens (tertiary/aromatic N) is 4. The number of fused-ring (bicyclic) bond motifs is 1. The quantitative estimate of drug-likeness (QED) is 0.801. The van der Waals surface area contributed by atoms with Crippen molar-refractivity contribution in [3.63, 3.8) is 0 Å². The largest absolute Gasteiger partial charge is 0.372 e. The molecule has 118 valence electrons. The van der Waals surface area contributed by atoms with Gasteiger partial charge in [-0.1, -0.05) is 11.8 Å². The Labute approximate surface area is 132 Å². The summed E-state index contributed by atoms with van der Waals surface area (Å²) < 4.78 is 5.61. The first kappa shape index (κ1) is 15.2. The molecular formula is C13H17N5O3S. The van der Waals surface area contributed by atoms with Gasteiger partial charge in [-0.05, 0) is 13.8 Å². The van der Waals surface area contributed by atoms with Gasteiger partial charge in [-0.25, -0.2) is 4.99 Å². The number of aliphatic imine (C=N–C) groups is 1. The number of thioether (sulfide) groups is 1. The standard InChI is InChI=1S/C13H17N5O3S/c1-7-4-18(5-8(2)21-7)10(19)6-22-13-15-11-9(3-14-17-11)12(20)16-13/h3,7-8,11H,4-6H2,1-2H3,(H,15,16,20). The highest BCUT2D eigenvalue weighted by Crippen LogP contribution is 2.22. The van der Waals surface area contributed by atoms with Gasteiger partial charge in [-0.15, -0.1) is 0 Å². The molecule has 0 spiro atoms. The van der Waals surface area contributed by atoms with Crippen LogP contribution in [0.4, 0.5) is 0 Å². The maximum absolute atomic E-state index is 12.3. The zero-order valence-electron chi connectivity index (χ0n) is 12.4. The lowest BCUT2D eigenvalue weighted by Gasteiger charge is -2.35. The smallest absolute Gasteiger partial charge is 0.258 e. The number of carbonyl (C=O) groups is 2. The van der Waals surface area contributed by atoms with Gasteiger partial charge in [0.25, 0.3) is 5.91 Å². The predicted molar refractivity (Wildman–Crippen MR) is 81.4 cm³/mol. The van der Waals surface area contributed by atoms with Crippen molar-refractivity contribution < 1.29 is 14.3 Å². The third kappa shape index (κ3) is 3.20. The second-order valence-electron chi connectivity index (χ2n) is 5.42. The molecule has 0 aromatic rings. The summed E-state index contributed by atoms with van der Waals surface area (Å²) >= 11 is 1.21. The van der Waals surface area contributed by atoms with E-state index in [0.29, 0.717) is 23.8 Å². The van der Waals surface area contributed by atoms with Gasteiger partial charge >= 0.3 is 0 Å². The Hall–Kier alpha value is -1.74. The summed E-state index contributed by atoms with van der Waals surface area (Å²) in [5, 5.41) is 10.6. The zero-order chi connectivity index (χ0) is 15.7. The average molecular weight is 323 g/mol. The molecule has 3 unspecified atom stereocenters. The van der Waals surface area contributed by atoms with E-state index < -0.39 is 6.17 Å². The lowest BCUT2D eigenvalue weighted by atomic mass is 10.2. The number of rotatable bonds is 2. The minimum atomic E-state index is -0.560. The number of amidine groups is 1. The van der Waals surface area contributed by atoms with Crippen molar-refractivity contribution in [2.75, 3.05) is 18.8 Å². The Morgan fingerprint density at radius 3 is 2.91 bits per heavy atom. The fourth-order valence-electron chi connectivity index (χ4n) is 2.55. The van der Waals surface area contributed by atoms with Gasteiger partial charge in [-0.2, -0.15) is 10.2 Å². The normalized spacial score (nSPS) is 30.5. The summed E-state index contributed by atoms with van der Waals surface area (Å²) in [7, 11) is 0. The number of nitrogens with one attached hydrogen (secondary N) is 1. The van der Waals surface area contributed by atoms with Crippen molar-refractivity contribution in [1.82, 2.24) is 10.2 Å². The number of hydrogen-bond acceptors (Lipinski definition) is 7. The van der Waals surface area contributed by atoms with E-state index >= 15 is 0 Å². The van der Waals surface area contributed by atoms with Crippen molar-refractivity contribution in [2.45, 2.75) is 32.2 Å². The number of amides is 2. The molecule has 0 radical (unpaired) electrons. The Morgan fingerprint density at radius 1 is 1.45 bits per heavy atom. The van der Waals surface area contributed by atoms with Crippen LogP contribution in [0, 0.1) is 0 Å². The van der Waals surface area contributed by atoms with Crippen LogP contribution >= 0.6 is 11.8 Å². The van der Waals surface area contributed by atoms with E-state index in [1.807, 2.05) is 13.8 Å². The highest BCUT2D eigenvalue weighted by atomic mass is 32.2. The lowest BCUT2D eigenvalue weighted by Crippen LogP contribution is -2.49. The van der Waals surface area contributed by atoms with Gasteiger partial charge in [0, 0.05) is 13.1 Å². The van der Waals surface area contributed by atoms with Crippen LogP contribution in [-0.2, 0) is 14.3 Å². The SMILES string of the molecule is CC1CN(C(=O)CSC2=NC3N=NC=C3C(=O)N2)CC(C)O1. The summed E-state index contributed by atoms with van der Waals surface area (Å²) in [6.07, 6.45) is 0.925. The molecule has 3 rings (SSSR count). The second-order valence-corrected chi connectivity index (χ2v) is 6.39. The van der Waals surface area contributed by atoms with Crippen LogP contribution in [0.15, 0.2) is 27.0 Å². The fraction of sp³-hybridized carbons (Fsp3) is 0.615.